The highest BCUT2D eigenvalue weighted by Gasteiger charge is 2.36. The Bertz CT molecular complexity index is 1160. The van der Waals surface area contributed by atoms with Gasteiger partial charge in [0.2, 0.25) is 0 Å². The van der Waals surface area contributed by atoms with Crippen molar-refractivity contribution in [3.05, 3.63) is 74.9 Å². The van der Waals surface area contributed by atoms with Crippen LogP contribution in [0.5, 0.6) is 0 Å². The van der Waals surface area contributed by atoms with Crippen molar-refractivity contribution >= 4 is 29.0 Å². The van der Waals surface area contributed by atoms with Gasteiger partial charge in [0.25, 0.3) is 0 Å². The third kappa shape index (κ3) is 3.46. The molecule has 6 heteroatoms. The molecule has 3 aliphatic rings. The van der Waals surface area contributed by atoms with Gasteiger partial charge in [0.1, 0.15) is 5.00 Å². The summed E-state index contributed by atoms with van der Waals surface area (Å²) in [6, 6.07) is 12.4. The molecular weight excluding hydrogens is 438 g/mol. The second-order valence-electron chi connectivity index (χ2n) is 9.31. The van der Waals surface area contributed by atoms with E-state index in [-0.39, 0.29) is 18.1 Å². The lowest BCUT2D eigenvalue weighted by molar-refractivity contribution is 0.176. The van der Waals surface area contributed by atoms with E-state index >= 15 is 0 Å². The van der Waals surface area contributed by atoms with Gasteiger partial charge in [0.15, 0.2) is 0 Å². The number of hydrogen-bond donors (Lipinski definition) is 1. The number of halogens is 1. The second kappa shape index (κ2) is 8.27. The molecule has 4 nitrogen and oxygen atoms in total. The fourth-order valence-corrected chi connectivity index (χ4v) is 7.34. The molecule has 3 heterocycles. The number of benzene rings is 1. The van der Waals surface area contributed by atoms with Crippen LogP contribution in [0, 0.1) is 0 Å². The van der Waals surface area contributed by atoms with E-state index in [0.29, 0.717) is 11.6 Å². The molecule has 0 bridgehead atoms. The molecule has 1 aliphatic heterocycles. The fraction of sp³-hybridized carbons (Fsp3) is 0.423. The number of fused-ring (bicyclic) bond motifs is 5. The van der Waals surface area contributed by atoms with Crippen molar-refractivity contribution in [1.29, 1.82) is 0 Å². The summed E-state index contributed by atoms with van der Waals surface area (Å²) < 4.78 is 2.33. The van der Waals surface area contributed by atoms with Gasteiger partial charge in [-0.05, 0) is 73.9 Å². The predicted molar refractivity (Wildman–Crippen MR) is 130 cm³/mol. The monoisotopic (exact) mass is 465 g/mol. The van der Waals surface area contributed by atoms with Crippen LogP contribution in [0.3, 0.4) is 0 Å². The van der Waals surface area contributed by atoms with Gasteiger partial charge in [-0.15, -0.1) is 11.3 Å². The molecule has 1 fully saturated rings. The summed E-state index contributed by atoms with van der Waals surface area (Å²) >= 11 is 8.33. The highest BCUT2D eigenvalue weighted by Crippen LogP contribution is 2.44. The summed E-state index contributed by atoms with van der Waals surface area (Å²) in [7, 11) is 0. The number of hydrogen-bond acceptors (Lipinski definition) is 2. The largest absolute Gasteiger partial charge is 0.335 e. The molecule has 6 rings (SSSR count). The first-order chi connectivity index (χ1) is 15.7. The summed E-state index contributed by atoms with van der Waals surface area (Å²) in [6.07, 6.45) is 11.5. The number of nitrogens with zero attached hydrogens (tertiary/aromatic N) is 2. The van der Waals surface area contributed by atoms with Gasteiger partial charge in [-0.2, -0.15) is 0 Å². The van der Waals surface area contributed by atoms with E-state index in [1.807, 2.05) is 29.5 Å². The van der Waals surface area contributed by atoms with Crippen molar-refractivity contribution in [1.82, 2.24) is 14.8 Å². The average molecular weight is 466 g/mol. The Balaban J connectivity index is 1.49. The van der Waals surface area contributed by atoms with Crippen molar-refractivity contribution < 1.29 is 4.79 Å². The fourth-order valence-electron chi connectivity index (χ4n) is 5.74. The zero-order valence-electron chi connectivity index (χ0n) is 18.1. The maximum atomic E-state index is 13.8. The van der Waals surface area contributed by atoms with Crippen LogP contribution in [0.1, 0.15) is 71.8 Å². The maximum Gasteiger partial charge on any atom is 0.318 e. The van der Waals surface area contributed by atoms with Crippen LogP contribution in [0.4, 0.5) is 4.79 Å². The van der Waals surface area contributed by atoms with Crippen LogP contribution in [0.25, 0.3) is 5.00 Å². The standard InChI is InChI=1S/C26H28ClN3OS/c27-18-8-5-7-17(15-18)24-22-12-6-14-29(22)25-21(20-11-3-4-13-23(20)32-25)16-30(24)26(31)28-19-9-1-2-10-19/h5-8,12,14-15,19,24H,1-4,9-11,13,16H2,(H,28,31)/t24-/m0/s1. The maximum absolute atomic E-state index is 13.8. The number of nitrogens with one attached hydrogen (secondary N) is 1. The topological polar surface area (TPSA) is 37.3 Å². The summed E-state index contributed by atoms with van der Waals surface area (Å²) in [5, 5.41) is 5.36. The lowest BCUT2D eigenvalue weighted by Gasteiger charge is -2.32. The first-order valence-electron chi connectivity index (χ1n) is 11.8. The number of rotatable bonds is 2. The van der Waals surface area contributed by atoms with Crippen molar-refractivity contribution in [3.63, 3.8) is 0 Å². The summed E-state index contributed by atoms with van der Waals surface area (Å²) in [6.45, 7) is 0.637. The quantitative estimate of drug-likeness (QED) is 0.453. The van der Waals surface area contributed by atoms with Crippen molar-refractivity contribution in [2.45, 2.75) is 70.0 Å². The minimum atomic E-state index is -0.177. The number of aryl methyl sites for hydroxylation is 1. The highest BCUT2D eigenvalue weighted by molar-refractivity contribution is 7.15. The predicted octanol–water partition coefficient (Wildman–Crippen LogP) is 6.63. The molecular formula is C26H28ClN3OS. The van der Waals surface area contributed by atoms with Gasteiger partial charge in [-0.25, -0.2) is 4.79 Å². The smallest absolute Gasteiger partial charge is 0.318 e. The van der Waals surface area contributed by atoms with Crippen molar-refractivity contribution in [3.8, 4) is 5.00 Å². The molecule has 32 heavy (non-hydrogen) atoms. The molecule has 166 valence electrons. The normalized spacial score (nSPS) is 20.4. The Morgan fingerprint density at radius 2 is 1.88 bits per heavy atom. The molecule has 0 spiro atoms. The van der Waals surface area contributed by atoms with E-state index in [4.69, 9.17) is 11.6 Å². The Kier molecular flexibility index (Phi) is 5.27. The van der Waals surface area contributed by atoms with Gasteiger partial charge < -0.3 is 14.8 Å². The molecule has 0 radical (unpaired) electrons. The Morgan fingerprint density at radius 1 is 1.03 bits per heavy atom. The molecule has 1 atom stereocenters. The Labute approximate surface area is 198 Å². The van der Waals surface area contributed by atoms with E-state index in [9.17, 15) is 4.79 Å². The Morgan fingerprint density at radius 3 is 2.72 bits per heavy atom. The molecule has 1 N–H and O–H groups in total. The third-order valence-corrected chi connectivity index (χ3v) is 8.86. The molecule has 0 saturated heterocycles. The van der Waals surface area contributed by atoms with Gasteiger partial charge in [0.05, 0.1) is 18.3 Å². The SMILES string of the molecule is O=C(NC1CCCC1)N1Cc2c(sc3c2CCCC3)-n2cccc2[C@@H]1c1cccc(Cl)c1. The van der Waals surface area contributed by atoms with Gasteiger partial charge in [0, 0.05) is 27.7 Å². The van der Waals surface area contributed by atoms with E-state index in [0.717, 1.165) is 36.9 Å². The van der Waals surface area contributed by atoms with Crippen LogP contribution >= 0.6 is 22.9 Å². The number of carbonyl (C=O) groups is 1. The first kappa shape index (κ1) is 20.4. The highest BCUT2D eigenvalue weighted by atomic mass is 35.5. The van der Waals surface area contributed by atoms with E-state index in [1.54, 1.807) is 0 Å². The van der Waals surface area contributed by atoms with E-state index < -0.39 is 0 Å². The second-order valence-corrected chi connectivity index (χ2v) is 10.8. The minimum absolute atomic E-state index is 0.0400. The number of carbonyl (C=O) groups excluding carboxylic acids is 1. The van der Waals surface area contributed by atoms with E-state index in [2.05, 4.69) is 39.2 Å². The molecule has 2 aliphatic carbocycles. The molecule has 0 unspecified atom stereocenters. The number of thiophene rings is 1. The van der Waals surface area contributed by atoms with Crippen LogP contribution in [0.15, 0.2) is 42.6 Å². The summed E-state index contributed by atoms with van der Waals surface area (Å²) in [5.41, 5.74) is 5.02. The molecule has 2 amide bonds. The third-order valence-electron chi connectivity index (χ3n) is 7.29. The zero-order chi connectivity index (χ0) is 21.7. The first-order valence-corrected chi connectivity index (χ1v) is 13.0. The zero-order valence-corrected chi connectivity index (χ0v) is 19.7. The average Bonchev–Trinajstić information content (AvgIpc) is 3.53. The number of aromatic nitrogens is 1. The van der Waals surface area contributed by atoms with Gasteiger partial charge in [-0.3, -0.25) is 0 Å². The lowest BCUT2D eigenvalue weighted by atomic mass is 9.95. The van der Waals surface area contributed by atoms with Gasteiger partial charge >= 0.3 is 6.03 Å². The van der Waals surface area contributed by atoms with Crippen LogP contribution in [0.2, 0.25) is 5.02 Å². The molecule has 2 aromatic heterocycles. The lowest BCUT2D eigenvalue weighted by Crippen LogP contribution is -2.45. The van der Waals surface area contributed by atoms with Crippen LogP contribution in [-0.2, 0) is 19.4 Å². The minimum Gasteiger partial charge on any atom is -0.335 e. The molecule has 1 aromatic carbocycles. The van der Waals surface area contributed by atoms with E-state index in [1.165, 1.54) is 46.7 Å². The van der Waals surface area contributed by atoms with Crippen LogP contribution < -0.4 is 5.32 Å². The Hall–Kier alpha value is -2.24. The van der Waals surface area contributed by atoms with Gasteiger partial charge in [-0.1, -0.05) is 36.6 Å². The molecule has 1 saturated carbocycles. The summed E-state index contributed by atoms with van der Waals surface area (Å²) in [4.78, 5) is 17.4. The summed E-state index contributed by atoms with van der Waals surface area (Å²) in [5.74, 6) is 0. The number of amides is 2. The van der Waals surface area contributed by atoms with Crippen molar-refractivity contribution in [2.24, 2.45) is 0 Å². The van der Waals surface area contributed by atoms with Crippen molar-refractivity contribution in [2.75, 3.05) is 0 Å². The molecule has 3 aromatic rings. The number of urea groups is 1. The van der Waals surface area contributed by atoms with Crippen LogP contribution in [-0.4, -0.2) is 21.5 Å².